The van der Waals surface area contributed by atoms with Crippen LogP contribution in [0.3, 0.4) is 0 Å². The standard InChI is InChI=1S/C17H11N3O4/c18-7-8-23-17(22)12-3-1-11(2-4-12)15-6-5-14(24-15)9-13(10-19)16(20)21/h1-6,9H,8H2,(H2,20,21)/b13-9+. The van der Waals surface area contributed by atoms with Gasteiger partial charge in [-0.25, -0.2) is 4.79 Å². The Balaban J connectivity index is 2.19. The highest BCUT2D eigenvalue weighted by molar-refractivity contribution is 6.00. The molecule has 0 saturated heterocycles. The molecule has 1 amide bonds. The van der Waals surface area contributed by atoms with Crippen LogP contribution in [-0.4, -0.2) is 18.5 Å². The quantitative estimate of drug-likeness (QED) is 0.509. The highest BCUT2D eigenvalue weighted by Crippen LogP contribution is 2.24. The number of amides is 1. The van der Waals surface area contributed by atoms with Crippen LogP contribution < -0.4 is 5.73 Å². The van der Waals surface area contributed by atoms with E-state index in [4.69, 9.17) is 25.4 Å². The molecule has 0 fully saturated rings. The summed E-state index contributed by atoms with van der Waals surface area (Å²) in [5.41, 5.74) is 5.83. The van der Waals surface area contributed by atoms with Crippen LogP contribution in [0.1, 0.15) is 16.1 Å². The molecule has 0 atom stereocenters. The number of nitrogens with two attached hydrogens (primary N) is 1. The van der Waals surface area contributed by atoms with E-state index >= 15 is 0 Å². The van der Waals surface area contributed by atoms with Crippen molar-refractivity contribution in [3.8, 4) is 23.5 Å². The molecule has 0 unspecified atom stereocenters. The molecule has 0 radical (unpaired) electrons. The van der Waals surface area contributed by atoms with Crippen molar-refractivity contribution in [2.24, 2.45) is 5.73 Å². The zero-order valence-corrected chi connectivity index (χ0v) is 12.4. The molecule has 0 saturated carbocycles. The molecule has 2 N–H and O–H groups in total. The SMILES string of the molecule is N#CCOC(=O)c1ccc(-c2ccc(/C=C(\C#N)C(N)=O)o2)cc1. The van der Waals surface area contributed by atoms with Crippen molar-refractivity contribution in [1.29, 1.82) is 10.5 Å². The molecule has 7 heteroatoms. The van der Waals surface area contributed by atoms with Crippen LogP contribution in [0.25, 0.3) is 17.4 Å². The molecule has 0 aliphatic carbocycles. The Morgan fingerprint density at radius 1 is 1.17 bits per heavy atom. The third-order valence-corrected chi connectivity index (χ3v) is 2.97. The zero-order chi connectivity index (χ0) is 17.5. The predicted octanol–water partition coefficient (Wildman–Crippen LogP) is 2.02. The second kappa shape index (κ2) is 7.43. The molecular weight excluding hydrogens is 310 g/mol. The average Bonchev–Trinajstić information content (AvgIpc) is 3.06. The van der Waals surface area contributed by atoms with Gasteiger partial charge < -0.3 is 14.9 Å². The molecule has 2 aromatic rings. The van der Waals surface area contributed by atoms with Crippen LogP contribution in [-0.2, 0) is 9.53 Å². The Morgan fingerprint density at radius 3 is 2.46 bits per heavy atom. The van der Waals surface area contributed by atoms with Crippen LogP contribution in [0.5, 0.6) is 0 Å². The number of furan rings is 1. The third-order valence-electron chi connectivity index (χ3n) is 2.97. The van der Waals surface area contributed by atoms with Crippen molar-refractivity contribution >= 4 is 18.0 Å². The smallest absolute Gasteiger partial charge is 0.339 e. The van der Waals surface area contributed by atoms with Crippen LogP contribution in [0.2, 0.25) is 0 Å². The molecule has 2 rings (SSSR count). The fourth-order valence-electron chi connectivity index (χ4n) is 1.84. The second-order valence-electron chi connectivity index (χ2n) is 4.55. The number of ether oxygens (including phenoxy) is 1. The van der Waals surface area contributed by atoms with Gasteiger partial charge in [-0.1, -0.05) is 12.1 Å². The summed E-state index contributed by atoms with van der Waals surface area (Å²) in [4.78, 5) is 22.6. The molecular formula is C17H11N3O4. The van der Waals surface area contributed by atoms with E-state index in [-0.39, 0.29) is 12.2 Å². The number of hydrogen-bond acceptors (Lipinski definition) is 6. The Kier molecular flexibility index (Phi) is 5.12. The number of nitriles is 2. The van der Waals surface area contributed by atoms with Crippen molar-refractivity contribution in [3.63, 3.8) is 0 Å². The normalized spacial score (nSPS) is 10.5. The first-order valence-corrected chi connectivity index (χ1v) is 6.71. The van der Waals surface area contributed by atoms with E-state index in [1.807, 2.05) is 0 Å². The molecule has 1 aromatic heterocycles. The first kappa shape index (κ1) is 16.5. The lowest BCUT2D eigenvalue weighted by molar-refractivity contribution is -0.114. The van der Waals surface area contributed by atoms with Crippen LogP contribution >= 0.6 is 0 Å². The minimum Gasteiger partial charge on any atom is -0.457 e. The van der Waals surface area contributed by atoms with Gasteiger partial charge in [0.25, 0.3) is 5.91 Å². The number of nitrogens with zero attached hydrogens (tertiary/aromatic N) is 2. The van der Waals surface area contributed by atoms with E-state index in [0.717, 1.165) is 0 Å². The van der Waals surface area contributed by atoms with Gasteiger partial charge >= 0.3 is 5.97 Å². The summed E-state index contributed by atoms with van der Waals surface area (Å²) < 4.78 is 10.2. The molecule has 7 nitrogen and oxygen atoms in total. The number of hydrogen-bond donors (Lipinski definition) is 1. The van der Waals surface area contributed by atoms with Gasteiger partial charge in [-0.2, -0.15) is 10.5 Å². The molecule has 24 heavy (non-hydrogen) atoms. The summed E-state index contributed by atoms with van der Waals surface area (Å²) in [6.07, 6.45) is 1.25. The molecule has 0 bridgehead atoms. The zero-order valence-electron chi connectivity index (χ0n) is 12.4. The molecule has 1 aromatic carbocycles. The van der Waals surface area contributed by atoms with Crippen molar-refractivity contribution < 1.29 is 18.7 Å². The number of esters is 1. The Labute approximate surface area is 137 Å². The Bertz CT molecular complexity index is 880. The van der Waals surface area contributed by atoms with Gasteiger partial charge in [-0.05, 0) is 24.3 Å². The van der Waals surface area contributed by atoms with Crippen LogP contribution in [0, 0.1) is 22.7 Å². The first-order valence-electron chi connectivity index (χ1n) is 6.71. The molecule has 0 aliphatic heterocycles. The number of rotatable bonds is 5. The minimum atomic E-state index is -0.837. The molecule has 118 valence electrons. The first-order chi connectivity index (χ1) is 11.5. The van der Waals surface area contributed by atoms with E-state index < -0.39 is 11.9 Å². The monoisotopic (exact) mass is 321 g/mol. The number of primary amides is 1. The summed E-state index contributed by atoms with van der Waals surface area (Å²) in [5, 5.41) is 17.2. The molecule has 0 spiro atoms. The second-order valence-corrected chi connectivity index (χ2v) is 4.55. The predicted molar refractivity (Wildman–Crippen MR) is 82.8 cm³/mol. The highest BCUT2D eigenvalue weighted by atomic mass is 16.5. The lowest BCUT2D eigenvalue weighted by Gasteiger charge is -2.01. The number of carbonyl (C=O) groups excluding carboxylic acids is 2. The fourth-order valence-corrected chi connectivity index (χ4v) is 1.84. The van der Waals surface area contributed by atoms with Gasteiger partial charge in [0.05, 0.1) is 5.56 Å². The Morgan fingerprint density at radius 2 is 1.88 bits per heavy atom. The molecule has 0 aliphatic rings. The van der Waals surface area contributed by atoms with Crippen molar-refractivity contribution in [3.05, 3.63) is 53.3 Å². The molecule has 1 heterocycles. The number of carbonyl (C=O) groups is 2. The summed E-state index contributed by atoms with van der Waals surface area (Å²) in [5.74, 6) is -0.639. The maximum atomic E-state index is 11.6. The van der Waals surface area contributed by atoms with E-state index in [9.17, 15) is 9.59 Å². The van der Waals surface area contributed by atoms with Crippen molar-refractivity contribution in [2.45, 2.75) is 0 Å². The topological polar surface area (TPSA) is 130 Å². The van der Waals surface area contributed by atoms with Crippen molar-refractivity contribution in [1.82, 2.24) is 0 Å². The summed E-state index contributed by atoms with van der Waals surface area (Å²) in [7, 11) is 0. The van der Waals surface area contributed by atoms with Crippen LogP contribution in [0.4, 0.5) is 0 Å². The van der Waals surface area contributed by atoms with Gasteiger partial charge in [-0.15, -0.1) is 0 Å². The van der Waals surface area contributed by atoms with E-state index in [2.05, 4.69) is 0 Å². The highest BCUT2D eigenvalue weighted by Gasteiger charge is 2.10. The Hall–Kier alpha value is -3.84. The van der Waals surface area contributed by atoms with Gasteiger partial charge in [0.1, 0.15) is 29.2 Å². The van der Waals surface area contributed by atoms with E-state index in [1.54, 1.807) is 36.4 Å². The minimum absolute atomic E-state index is 0.216. The lowest BCUT2D eigenvalue weighted by atomic mass is 10.1. The van der Waals surface area contributed by atoms with Gasteiger partial charge in [-0.3, -0.25) is 4.79 Å². The van der Waals surface area contributed by atoms with Crippen molar-refractivity contribution in [2.75, 3.05) is 6.61 Å². The van der Waals surface area contributed by atoms with Gasteiger partial charge in [0.2, 0.25) is 0 Å². The summed E-state index contributed by atoms with van der Waals surface area (Å²) in [6, 6.07) is 13.0. The van der Waals surface area contributed by atoms with Crippen LogP contribution in [0.15, 0.2) is 46.4 Å². The van der Waals surface area contributed by atoms with E-state index in [1.165, 1.54) is 18.2 Å². The fraction of sp³-hybridized carbons (Fsp3) is 0.0588. The van der Waals surface area contributed by atoms with Gasteiger partial charge in [0, 0.05) is 11.6 Å². The maximum Gasteiger partial charge on any atom is 0.339 e. The third kappa shape index (κ3) is 3.87. The maximum absolute atomic E-state index is 11.6. The number of benzene rings is 1. The summed E-state index contributed by atoms with van der Waals surface area (Å²) in [6.45, 7) is -0.310. The largest absolute Gasteiger partial charge is 0.457 e. The van der Waals surface area contributed by atoms with Gasteiger partial charge in [0.15, 0.2) is 6.61 Å². The lowest BCUT2D eigenvalue weighted by Crippen LogP contribution is -2.12. The van der Waals surface area contributed by atoms with E-state index in [0.29, 0.717) is 22.6 Å². The average molecular weight is 321 g/mol. The summed E-state index contributed by atoms with van der Waals surface area (Å²) >= 11 is 0.